The lowest BCUT2D eigenvalue weighted by Gasteiger charge is -2.22. The molecule has 0 aromatic rings. The molecule has 0 fully saturated rings. The van der Waals surface area contributed by atoms with Crippen molar-refractivity contribution in [3.8, 4) is 0 Å². The smallest absolute Gasteiger partial charge is 0.305 e. The van der Waals surface area contributed by atoms with Crippen molar-refractivity contribution in [3.05, 3.63) is 12.2 Å². The summed E-state index contributed by atoms with van der Waals surface area (Å²) in [5, 5.41) is 23.1. The maximum atomic E-state index is 12.4. The molecule has 0 aliphatic carbocycles. The summed E-state index contributed by atoms with van der Waals surface area (Å²) in [7, 11) is 0. The fraction of sp³-hybridized carbons (Fsp3) is 0.915. The monoisotopic (exact) mass is 750 g/mol. The molecule has 0 aliphatic heterocycles. The molecular formula is C47H91NO5. The Balaban J connectivity index is 3.55. The van der Waals surface area contributed by atoms with Gasteiger partial charge in [-0.25, -0.2) is 0 Å². The Morgan fingerprint density at radius 2 is 0.906 bits per heavy atom. The highest BCUT2D eigenvalue weighted by atomic mass is 16.5. The van der Waals surface area contributed by atoms with E-state index in [0.29, 0.717) is 25.9 Å². The summed E-state index contributed by atoms with van der Waals surface area (Å²) < 4.78 is 5.42. The number of rotatable bonds is 43. The van der Waals surface area contributed by atoms with Gasteiger partial charge in [-0.1, -0.05) is 206 Å². The van der Waals surface area contributed by atoms with Crippen molar-refractivity contribution in [2.45, 2.75) is 264 Å². The van der Waals surface area contributed by atoms with Crippen LogP contribution in [0, 0.1) is 0 Å². The second-order valence-corrected chi connectivity index (χ2v) is 16.1. The van der Waals surface area contributed by atoms with Gasteiger partial charge in [0.1, 0.15) is 0 Å². The van der Waals surface area contributed by atoms with Gasteiger partial charge in [-0.15, -0.1) is 0 Å². The summed E-state index contributed by atoms with van der Waals surface area (Å²) in [6, 6.07) is -0.576. The van der Waals surface area contributed by atoms with Crippen molar-refractivity contribution in [1.82, 2.24) is 5.32 Å². The molecule has 0 radical (unpaired) electrons. The third-order valence-electron chi connectivity index (χ3n) is 10.8. The number of allylic oxidation sites excluding steroid dienone is 2. The Morgan fingerprint density at radius 1 is 0.509 bits per heavy atom. The van der Waals surface area contributed by atoms with Crippen LogP contribution in [0.1, 0.15) is 251 Å². The minimum atomic E-state index is -0.693. The predicted molar refractivity (Wildman–Crippen MR) is 227 cm³/mol. The number of esters is 1. The second-order valence-electron chi connectivity index (χ2n) is 16.1. The maximum Gasteiger partial charge on any atom is 0.305 e. The summed E-state index contributed by atoms with van der Waals surface area (Å²) in [6.45, 7) is 4.86. The fourth-order valence-electron chi connectivity index (χ4n) is 7.17. The van der Waals surface area contributed by atoms with Gasteiger partial charge in [-0.05, 0) is 44.9 Å². The minimum Gasteiger partial charge on any atom is -0.466 e. The Hall–Kier alpha value is -1.40. The van der Waals surface area contributed by atoms with Gasteiger partial charge in [0.2, 0.25) is 5.91 Å². The summed E-state index contributed by atoms with van der Waals surface area (Å²) in [5.74, 6) is -0.130. The number of aliphatic hydroxyl groups excluding tert-OH is 2. The molecule has 0 aromatic carbocycles. The minimum absolute atomic E-state index is 0.0350. The molecule has 0 saturated carbocycles. The number of aliphatic hydroxyl groups is 2. The lowest BCUT2D eigenvalue weighted by Crippen LogP contribution is -2.45. The lowest BCUT2D eigenvalue weighted by molar-refractivity contribution is -0.143. The largest absolute Gasteiger partial charge is 0.466 e. The molecule has 2 unspecified atom stereocenters. The molecule has 314 valence electrons. The number of nitrogens with one attached hydrogen (secondary N) is 1. The zero-order chi connectivity index (χ0) is 38.7. The van der Waals surface area contributed by atoms with Gasteiger partial charge in [0.05, 0.1) is 25.4 Å². The van der Waals surface area contributed by atoms with Crippen LogP contribution in [-0.4, -0.2) is 47.4 Å². The lowest BCUT2D eigenvalue weighted by atomic mass is 10.0. The standard InChI is InChI=1S/C47H91NO5/c1-3-5-7-9-11-13-15-17-18-19-20-23-27-31-35-39-45(50)44(43-49)48-46(51)40-36-32-28-24-22-26-30-34-38-42-53-47(52)41-37-33-29-25-21-16-14-12-10-8-6-4-2/h24,28,44-45,49-50H,3-23,25-27,29-43H2,1-2H3,(H,48,51)/b28-24-. The molecule has 0 heterocycles. The zero-order valence-corrected chi connectivity index (χ0v) is 35.5. The first-order valence-corrected chi connectivity index (χ1v) is 23.4. The number of hydrogen-bond donors (Lipinski definition) is 3. The van der Waals surface area contributed by atoms with Gasteiger partial charge < -0.3 is 20.3 Å². The molecule has 0 bridgehead atoms. The van der Waals surface area contributed by atoms with Crippen molar-refractivity contribution in [2.75, 3.05) is 13.2 Å². The van der Waals surface area contributed by atoms with E-state index in [1.54, 1.807) is 0 Å². The maximum absolute atomic E-state index is 12.4. The van der Waals surface area contributed by atoms with Crippen LogP contribution < -0.4 is 5.32 Å². The van der Waals surface area contributed by atoms with E-state index in [1.165, 1.54) is 148 Å². The number of ether oxygens (including phenoxy) is 1. The highest BCUT2D eigenvalue weighted by molar-refractivity contribution is 5.76. The number of carbonyl (C=O) groups is 2. The zero-order valence-electron chi connectivity index (χ0n) is 35.5. The highest BCUT2D eigenvalue weighted by Crippen LogP contribution is 2.16. The van der Waals surface area contributed by atoms with Crippen LogP contribution in [-0.2, 0) is 14.3 Å². The quantitative estimate of drug-likeness (QED) is 0.0328. The molecule has 53 heavy (non-hydrogen) atoms. The number of carbonyl (C=O) groups excluding carboxylic acids is 2. The molecule has 1 amide bonds. The van der Waals surface area contributed by atoms with E-state index in [2.05, 4.69) is 31.3 Å². The van der Waals surface area contributed by atoms with Crippen LogP contribution in [0.15, 0.2) is 12.2 Å². The van der Waals surface area contributed by atoms with Gasteiger partial charge in [0.15, 0.2) is 0 Å². The van der Waals surface area contributed by atoms with E-state index in [-0.39, 0.29) is 18.5 Å². The van der Waals surface area contributed by atoms with Crippen LogP contribution in [0.3, 0.4) is 0 Å². The third kappa shape index (κ3) is 40.1. The van der Waals surface area contributed by atoms with Crippen molar-refractivity contribution in [3.63, 3.8) is 0 Å². The molecule has 0 saturated heterocycles. The van der Waals surface area contributed by atoms with Crippen LogP contribution in [0.4, 0.5) is 0 Å². The van der Waals surface area contributed by atoms with Gasteiger partial charge in [-0.2, -0.15) is 0 Å². The summed E-state index contributed by atoms with van der Waals surface area (Å²) in [6.07, 6.45) is 47.4. The van der Waals surface area contributed by atoms with Crippen molar-refractivity contribution in [2.24, 2.45) is 0 Å². The Labute approximate surface area is 329 Å². The Kier molecular flexibility index (Phi) is 42.2. The van der Waals surface area contributed by atoms with Crippen LogP contribution in [0.2, 0.25) is 0 Å². The summed E-state index contributed by atoms with van der Waals surface area (Å²) in [4.78, 5) is 24.4. The predicted octanol–water partition coefficient (Wildman–Crippen LogP) is 13.4. The Morgan fingerprint density at radius 3 is 1.38 bits per heavy atom. The van der Waals surface area contributed by atoms with Crippen LogP contribution in [0.25, 0.3) is 0 Å². The molecule has 0 aliphatic rings. The van der Waals surface area contributed by atoms with Crippen LogP contribution in [0.5, 0.6) is 0 Å². The fourth-order valence-corrected chi connectivity index (χ4v) is 7.17. The normalized spacial score (nSPS) is 12.8. The molecule has 0 aromatic heterocycles. The Bertz CT molecular complexity index is 787. The average molecular weight is 750 g/mol. The van der Waals surface area contributed by atoms with E-state index >= 15 is 0 Å². The topological polar surface area (TPSA) is 95.9 Å². The number of unbranched alkanes of at least 4 members (excludes halogenated alkanes) is 30. The molecular weight excluding hydrogens is 659 g/mol. The van der Waals surface area contributed by atoms with Crippen LogP contribution >= 0.6 is 0 Å². The average Bonchev–Trinajstić information content (AvgIpc) is 3.16. The van der Waals surface area contributed by atoms with E-state index in [4.69, 9.17) is 4.74 Å². The van der Waals surface area contributed by atoms with Gasteiger partial charge in [0, 0.05) is 12.8 Å². The first kappa shape index (κ1) is 51.6. The SMILES string of the molecule is CCCCCCCCCCCCCCCCCC(O)C(CO)NC(=O)CCC/C=C\CCCCCCOC(=O)CCCCCCCCCCCCCC. The molecule has 6 heteroatoms. The molecule has 2 atom stereocenters. The van der Waals surface area contributed by atoms with Gasteiger partial charge >= 0.3 is 5.97 Å². The first-order valence-electron chi connectivity index (χ1n) is 23.4. The van der Waals surface area contributed by atoms with Crippen molar-refractivity contribution >= 4 is 11.9 Å². The second kappa shape index (κ2) is 43.3. The summed E-state index contributed by atoms with van der Waals surface area (Å²) in [5.41, 5.74) is 0. The van der Waals surface area contributed by atoms with E-state index in [0.717, 1.165) is 70.6 Å². The summed E-state index contributed by atoms with van der Waals surface area (Å²) >= 11 is 0. The molecule has 3 N–H and O–H groups in total. The number of amides is 1. The highest BCUT2D eigenvalue weighted by Gasteiger charge is 2.19. The molecule has 6 nitrogen and oxygen atoms in total. The van der Waals surface area contributed by atoms with E-state index < -0.39 is 12.1 Å². The third-order valence-corrected chi connectivity index (χ3v) is 10.8. The van der Waals surface area contributed by atoms with Crippen molar-refractivity contribution in [1.29, 1.82) is 0 Å². The number of hydrogen-bond acceptors (Lipinski definition) is 5. The van der Waals surface area contributed by atoms with Gasteiger partial charge in [0.25, 0.3) is 0 Å². The van der Waals surface area contributed by atoms with E-state index in [9.17, 15) is 19.8 Å². The van der Waals surface area contributed by atoms with Crippen molar-refractivity contribution < 1.29 is 24.5 Å². The molecule has 0 rings (SSSR count). The first-order chi connectivity index (χ1) is 26.0. The molecule has 0 spiro atoms. The van der Waals surface area contributed by atoms with Gasteiger partial charge in [-0.3, -0.25) is 9.59 Å². The van der Waals surface area contributed by atoms with E-state index in [1.807, 2.05) is 0 Å².